The molecular formula is C9H11NO2. The van der Waals surface area contributed by atoms with Gasteiger partial charge in [-0.25, -0.2) is 4.79 Å². The lowest BCUT2D eigenvalue weighted by Gasteiger charge is -2.14. The molecule has 1 aliphatic carbocycles. The van der Waals surface area contributed by atoms with E-state index in [4.69, 9.17) is 4.84 Å². The summed E-state index contributed by atoms with van der Waals surface area (Å²) in [5.74, 6) is 1.85. The number of allylic oxidation sites excluding steroid dienone is 2. The van der Waals surface area contributed by atoms with Gasteiger partial charge in [-0.15, -0.1) is 0 Å². The Balaban J connectivity index is 2.57. The molecule has 0 saturated carbocycles. The molecule has 3 heteroatoms. The largest absolute Gasteiger partial charge is 0.301 e. The van der Waals surface area contributed by atoms with E-state index in [2.05, 4.69) is 5.48 Å². The molecule has 0 radical (unpaired) electrons. The van der Waals surface area contributed by atoms with Gasteiger partial charge in [0.2, 0.25) is 0 Å². The quantitative estimate of drug-likeness (QED) is 0.496. The van der Waals surface area contributed by atoms with Crippen molar-refractivity contribution in [2.45, 2.75) is 13.0 Å². The van der Waals surface area contributed by atoms with Gasteiger partial charge in [0.15, 0.2) is 0 Å². The molecule has 1 unspecified atom stereocenters. The first-order valence-electron chi connectivity index (χ1n) is 3.85. The van der Waals surface area contributed by atoms with Crippen molar-refractivity contribution < 1.29 is 9.63 Å². The molecule has 0 aromatic rings. The first-order chi connectivity index (χ1) is 5.88. The van der Waals surface area contributed by atoms with E-state index in [-0.39, 0.29) is 6.04 Å². The van der Waals surface area contributed by atoms with Crippen LogP contribution in [0.25, 0.3) is 0 Å². The lowest BCUT2D eigenvalue weighted by molar-refractivity contribution is 0.0433. The Labute approximate surface area is 71.4 Å². The molecule has 0 aromatic heterocycles. The molecule has 1 atom stereocenters. The van der Waals surface area contributed by atoms with Gasteiger partial charge < -0.3 is 4.84 Å². The molecule has 12 heavy (non-hydrogen) atoms. The summed E-state index contributed by atoms with van der Waals surface area (Å²) < 4.78 is 0. The molecule has 0 aromatic carbocycles. The Kier molecular flexibility index (Phi) is 3.48. The second kappa shape index (κ2) is 4.67. The fourth-order valence-electron chi connectivity index (χ4n) is 0.915. The summed E-state index contributed by atoms with van der Waals surface area (Å²) in [5.41, 5.74) is 3.30. The maximum Gasteiger partial charge on any atom is 0.130 e. The molecule has 0 spiro atoms. The van der Waals surface area contributed by atoms with Crippen LogP contribution in [0.1, 0.15) is 6.92 Å². The molecule has 0 saturated heterocycles. The Bertz CT molecular complexity index is 249. The van der Waals surface area contributed by atoms with Crippen LogP contribution in [-0.4, -0.2) is 18.6 Å². The first kappa shape index (κ1) is 8.94. The average molecular weight is 165 g/mol. The van der Waals surface area contributed by atoms with Crippen molar-refractivity contribution in [3.8, 4) is 0 Å². The van der Waals surface area contributed by atoms with Crippen LogP contribution in [0.5, 0.6) is 0 Å². The minimum Gasteiger partial charge on any atom is -0.301 e. The topological polar surface area (TPSA) is 38.3 Å². The predicted octanol–water partition coefficient (Wildman–Crippen LogP) is 0.780. The van der Waals surface area contributed by atoms with E-state index in [0.717, 1.165) is 0 Å². The zero-order valence-corrected chi connectivity index (χ0v) is 6.91. The van der Waals surface area contributed by atoms with Gasteiger partial charge in [0.25, 0.3) is 0 Å². The fraction of sp³-hybridized carbons (Fsp3) is 0.333. The zero-order valence-electron chi connectivity index (χ0n) is 6.91. The van der Waals surface area contributed by atoms with Crippen LogP contribution in [0.2, 0.25) is 0 Å². The monoisotopic (exact) mass is 165 g/mol. The van der Waals surface area contributed by atoms with E-state index < -0.39 is 0 Å². The van der Waals surface area contributed by atoms with E-state index in [1.165, 1.54) is 0 Å². The third-order valence-corrected chi connectivity index (χ3v) is 1.50. The highest BCUT2D eigenvalue weighted by molar-refractivity contribution is 5.62. The van der Waals surface area contributed by atoms with Crippen molar-refractivity contribution in [1.82, 2.24) is 5.48 Å². The molecule has 3 nitrogen and oxygen atoms in total. The Morgan fingerprint density at radius 1 is 1.67 bits per heavy atom. The smallest absolute Gasteiger partial charge is 0.130 e. The van der Waals surface area contributed by atoms with Gasteiger partial charge in [-0.2, -0.15) is 5.48 Å². The van der Waals surface area contributed by atoms with Crippen LogP contribution in [0.4, 0.5) is 0 Å². The first-order valence-corrected chi connectivity index (χ1v) is 3.85. The number of hydrogen-bond donors (Lipinski definition) is 1. The average Bonchev–Trinajstić information content (AvgIpc) is 2.15. The van der Waals surface area contributed by atoms with Gasteiger partial charge in [-0.3, -0.25) is 0 Å². The number of nitrogens with one attached hydrogen (secondary N) is 1. The van der Waals surface area contributed by atoms with Crippen molar-refractivity contribution in [1.29, 1.82) is 0 Å². The summed E-state index contributed by atoms with van der Waals surface area (Å²) in [6.07, 6.45) is 7.21. The molecule has 0 heterocycles. The molecule has 0 fully saturated rings. The number of hydrogen-bond acceptors (Lipinski definition) is 3. The van der Waals surface area contributed by atoms with Crippen molar-refractivity contribution >= 4 is 5.94 Å². The lowest BCUT2D eigenvalue weighted by atomic mass is 10.1. The van der Waals surface area contributed by atoms with Gasteiger partial charge >= 0.3 is 0 Å². The maximum absolute atomic E-state index is 10.4. The van der Waals surface area contributed by atoms with E-state index >= 15 is 0 Å². The van der Waals surface area contributed by atoms with Gasteiger partial charge in [0.05, 0.1) is 18.2 Å². The standard InChI is InChI=1S/C9H11NO2/c1-2-12-10-9-6-4-3-5-8(9)7-11/h3-6,9-10H,2H2,1H3. The predicted molar refractivity (Wildman–Crippen MR) is 46.0 cm³/mol. The normalized spacial score (nSPS) is 21.1. The summed E-state index contributed by atoms with van der Waals surface area (Å²) in [6, 6.07) is -0.160. The molecule has 0 bridgehead atoms. The highest BCUT2D eigenvalue weighted by atomic mass is 16.6. The van der Waals surface area contributed by atoms with Gasteiger partial charge in [-0.05, 0) is 13.0 Å². The summed E-state index contributed by atoms with van der Waals surface area (Å²) in [4.78, 5) is 15.4. The molecule has 0 aliphatic heterocycles. The Morgan fingerprint density at radius 3 is 3.17 bits per heavy atom. The van der Waals surface area contributed by atoms with Crippen LogP contribution in [0.3, 0.4) is 0 Å². The molecule has 0 amide bonds. The van der Waals surface area contributed by atoms with Gasteiger partial charge in [0, 0.05) is 0 Å². The minimum atomic E-state index is -0.160. The van der Waals surface area contributed by atoms with E-state index in [1.807, 2.05) is 25.0 Å². The van der Waals surface area contributed by atoms with E-state index in [0.29, 0.717) is 12.2 Å². The van der Waals surface area contributed by atoms with Crippen LogP contribution >= 0.6 is 0 Å². The lowest BCUT2D eigenvalue weighted by Crippen LogP contribution is -2.29. The molecule has 64 valence electrons. The van der Waals surface area contributed by atoms with Gasteiger partial charge in [-0.1, -0.05) is 18.2 Å². The highest BCUT2D eigenvalue weighted by Gasteiger charge is 2.10. The van der Waals surface area contributed by atoms with Crippen molar-refractivity contribution in [3.05, 3.63) is 29.9 Å². The summed E-state index contributed by atoms with van der Waals surface area (Å²) >= 11 is 0. The van der Waals surface area contributed by atoms with Crippen LogP contribution in [0, 0.1) is 0 Å². The third-order valence-electron chi connectivity index (χ3n) is 1.50. The Hall–Kier alpha value is -1.15. The molecular weight excluding hydrogens is 154 g/mol. The maximum atomic E-state index is 10.4. The molecule has 1 aliphatic rings. The Morgan fingerprint density at radius 2 is 2.50 bits per heavy atom. The molecule has 1 rings (SSSR count). The second-order valence-electron chi connectivity index (χ2n) is 2.33. The van der Waals surface area contributed by atoms with Crippen LogP contribution in [0.15, 0.2) is 29.9 Å². The summed E-state index contributed by atoms with van der Waals surface area (Å²) in [7, 11) is 0. The van der Waals surface area contributed by atoms with Crippen molar-refractivity contribution in [3.63, 3.8) is 0 Å². The van der Waals surface area contributed by atoms with Crippen LogP contribution in [-0.2, 0) is 9.63 Å². The van der Waals surface area contributed by atoms with Crippen molar-refractivity contribution in [2.75, 3.05) is 6.61 Å². The zero-order chi connectivity index (χ0) is 8.81. The van der Waals surface area contributed by atoms with E-state index in [1.54, 1.807) is 12.2 Å². The summed E-state index contributed by atoms with van der Waals surface area (Å²) in [5, 5.41) is 0. The number of carbonyl (C=O) groups excluding carboxylic acids is 1. The summed E-state index contributed by atoms with van der Waals surface area (Å²) in [6.45, 7) is 2.44. The minimum absolute atomic E-state index is 0.160. The van der Waals surface area contributed by atoms with Gasteiger partial charge in [0.1, 0.15) is 5.94 Å². The highest BCUT2D eigenvalue weighted by Crippen LogP contribution is 2.07. The third kappa shape index (κ3) is 2.17. The van der Waals surface area contributed by atoms with E-state index in [9.17, 15) is 4.79 Å². The fourth-order valence-corrected chi connectivity index (χ4v) is 0.915. The number of hydroxylamine groups is 1. The number of rotatable bonds is 3. The SMILES string of the molecule is CCONC1C=CC=CC1=C=O. The second-order valence-corrected chi connectivity index (χ2v) is 2.33. The van der Waals surface area contributed by atoms with Crippen molar-refractivity contribution in [2.24, 2.45) is 0 Å². The van der Waals surface area contributed by atoms with Crippen LogP contribution < -0.4 is 5.48 Å². The molecule has 1 N–H and O–H groups in total.